The van der Waals surface area contributed by atoms with Crippen LogP contribution in [0, 0.1) is 17.8 Å². The highest BCUT2D eigenvalue weighted by atomic mass is 35.5. The number of hydrogen-bond donors (Lipinski definition) is 3. The molecular formula is C27H26ClN3O4S. The summed E-state index contributed by atoms with van der Waals surface area (Å²) < 4.78 is 28.7. The van der Waals surface area contributed by atoms with Crippen LogP contribution < -0.4 is 10.0 Å². The molecule has 3 N–H and O–H groups in total. The molecule has 9 heteroatoms. The summed E-state index contributed by atoms with van der Waals surface area (Å²) in [4.78, 5) is 15.5. The quantitative estimate of drug-likeness (QED) is 0.347. The number of benzene rings is 2. The minimum Gasteiger partial charge on any atom is -0.478 e. The van der Waals surface area contributed by atoms with Crippen molar-refractivity contribution in [1.29, 1.82) is 0 Å². The molecule has 4 aliphatic carbocycles. The van der Waals surface area contributed by atoms with Crippen molar-refractivity contribution < 1.29 is 18.3 Å². The van der Waals surface area contributed by atoms with E-state index in [4.69, 9.17) is 11.6 Å². The van der Waals surface area contributed by atoms with Crippen molar-refractivity contribution in [1.82, 2.24) is 4.98 Å². The monoisotopic (exact) mass is 523 g/mol. The van der Waals surface area contributed by atoms with Crippen LogP contribution in [0.25, 0.3) is 0 Å². The van der Waals surface area contributed by atoms with Crippen LogP contribution in [0.3, 0.4) is 0 Å². The maximum absolute atomic E-state index is 13.1. The highest BCUT2D eigenvalue weighted by Crippen LogP contribution is 2.66. The van der Waals surface area contributed by atoms with Gasteiger partial charge in [-0.2, -0.15) is 0 Å². The standard InChI is InChI=1S/C27H26ClN3O4S/c28-23-13-18(27-14-16-10-17(15-27)12-19(27)11-16)3-8-24(23)31-36(34,35)21-6-4-20(5-7-21)30-25-22(26(32)33)2-1-9-29-25/h1-9,13,16-17,19,31H,10-12,14-15H2,(H,29,30)(H,32,33). The highest BCUT2D eigenvalue weighted by molar-refractivity contribution is 7.92. The van der Waals surface area contributed by atoms with Crippen LogP contribution in [0.2, 0.25) is 5.02 Å². The van der Waals surface area contributed by atoms with E-state index < -0.39 is 16.0 Å². The number of anilines is 3. The van der Waals surface area contributed by atoms with Gasteiger partial charge in [-0.1, -0.05) is 17.7 Å². The molecule has 7 nitrogen and oxygen atoms in total. The van der Waals surface area contributed by atoms with E-state index in [-0.39, 0.29) is 21.7 Å². The van der Waals surface area contributed by atoms with Crippen molar-refractivity contribution in [2.24, 2.45) is 17.8 Å². The maximum Gasteiger partial charge on any atom is 0.339 e. The predicted molar refractivity (Wildman–Crippen MR) is 138 cm³/mol. The molecule has 4 bridgehead atoms. The van der Waals surface area contributed by atoms with Gasteiger partial charge in [-0.05, 0) is 109 Å². The van der Waals surface area contributed by atoms with E-state index in [1.54, 1.807) is 18.2 Å². The average molecular weight is 524 g/mol. The molecular weight excluding hydrogens is 498 g/mol. The first-order valence-electron chi connectivity index (χ1n) is 12.1. The molecule has 7 rings (SSSR count). The van der Waals surface area contributed by atoms with Crippen LogP contribution in [0.1, 0.15) is 48.0 Å². The highest BCUT2D eigenvalue weighted by Gasteiger charge is 2.58. The van der Waals surface area contributed by atoms with E-state index in [1.165, 1.54) is 68.1 Å². The predicted octanol–water partition coefficient (Wildman–Crippen LogP) is 6.06. The Hall–Kier alpha value is -3.10. The minimum absolute atomic E-state index is 0.0204. The Kier molecular flexibility index (Phi) is 5.50. The summed E-state index contributed by atoms with van der Waals surface area (Å²) in [6, 6.07) is 14.8. The van der Waals surface area contributed by atoms with Crippen LogP contribution in [0.15, 0.2) is 65.7 Å². The van der Waals surface area contributed by atoms with Crippen LogP contribution in [0.4, 0.5) is 17.2 Å². The number of pyridine rings is 1. The average Bonchev–Trinajstić information content (AvgIpc) is 3.25. The van der Waals surface area contributed by atoms with E-state index in [9.17, 15) is 18.3 Å². The van der Waals surface area contributed by atoms with Gasteiger partial charge >= 0.3 is 5.97 Å². The van der Waals surface area contributed by atoms with Crippen LogP contribution >= 0.6 is 11.6 Å². The molecule has 0 spiro atoms. The van der Waals surface area contributed by atoms with Gasteiger partial charge in [0.1, 0.15) is 11.4 Å². The van der Waals surface area contributed by atoms with Gasteiger partial charge in [0, 0.05) is 11.9 Å². The summed E-state index contributed by atoms with van der Waals surface area (Å²) >= 11 is 6.60. The lowest BCUT2D eigenvalue weighted by atomic mass is 9.71. The summed E-state index contributed by atoms with van der Waals surface area (Å²) in [7, 11) is -3.87. The minimum atomic E-state index is -3.87. The molecule has 4 saturated carbocycles. The first kappa shape index (κ1) is 23.3. The molecule has 1 heterocycles. The zero-order chi connectivity index (χ0) is 25.1. The van der Waals surface area contributed by atoms with Crippen LogP contribution in [0.5, 0.6) is 0 Å². The molecule has 2 atom stereocenters. The van der Waals surface area contributed by atoms with E-state index in [0.29, 0.717) is 16.4 Å². The summed E-state index contributed by atoms with van der Waals surface area (Å²) in [5.41, 5.74) is 2.35. The first-order chi connectivity index (χ1) is 17.2. The van der Waals surface area contributed by atoms with Crippen LogP contribution in [-0.4, -0.2) is 24.5 Å². The number of hydrogen-bond acceptors (Lipinski definition) is 5. The third-order valence-corrected chi connectivity index (χ3v) is 9.94. The number of aromatic carboxylic acids is 1. The number of sulfonamides is 1. The van der Waals surface area contributed by atoms with Crippen molar-refractivity contribution in [2.45, 2.75) is 42.4 Å². The van der Waals surface area contributed by atoms with Crippen molar-refractivity contribution >= 4 is 44.8 Å². The fourth-order valence-electron chi connectivity index (χ4n) is 6.91. The maximum atomic E-state index is 13.1. The summed E-state index contributed by atoms with van der Waals surface area (Å²) in [5.74, 6) is 1.44. The molecule has 4 fully saturated rings. The van der Waals surface area contributed by atoms with Crippen molar-refractivity contribution in [3.8, 4) is 0 Å². The lowest BCUT2D eigenvalue weighted by molar-refractivity contribution is 0.0697. The van der Waals surface area contributed by atoms with E-state index >= 15 is 0 Å². The van der Waals surface area contributed by atoms with Gasteiger partial charge in [0.15, 0.2) is 0 Å². The van der Waals surface area contributed by atoms with Crippen molar-refractivity contribution in [3.05, 3.63) is 76.9 Å². The second-order valence-electron chi connectivity index (χ2n) is 10.4. The molecule has 4 aliphatic rings. The van der Waals surface area contributed by atoms with Gasteiger partial charge in [0.2, 0.25) is 0 Å². The molecule has 1 aromatic heterocycles. The number of carbonyl (C=O) groups is 1. The Bertz CT molecular complexity index is 1440. The molecule has 0 aliphatic heterocycles. The Morgan fingerprint density at radius 2 is 1.75 bits per heavy atom. The molecule has 0 saturated heterocycles. The zero-order valence-corrected chi connectivity index (χ0v) is 21.0. The van der Waals surface area contributed by atoms with Crippen LogP contribution in [-0.2, 0) is 15.4 Å². The molecule has 0 amide bonds. The number of nitrogens with one attached hydrogen (secondary N) is 2. The lowest BCUT2D eigenvalue weighted by Gasteiger charge is -2.33. The molecule has 36 heavy (non-hydrogen) atoms. The van der Waals surface area contributed by atoms with Gasteiger partial charge < -0.3 is 10.4 Å². The molecule has 3 aromatic rings. The van der Waals surface area contributed by atoms with Gasteiger partial charge in [0.25, 0.3) is 10.0 Å². The zero-order valence-electron chi connectivity index (χ0n) is 19.4. The second kappa shape index (κ2) is 8.49. The Morgan fingerprint density at radius 3 is 2.42 bits per heavy atom. The van der Waals surface area contributed by atoms with E-state index in [0.717, 1.165) is 17.8 Å². The number of carboxylic acid groups (broad SMARTS) is 1. The topological polar surface area (TPSA) is 108 Å². The Morgan fingerprint density at radius 1 is 1.03 bits per heavy atom. The number of halogens is 1. The van der Waals surface area contributed by atoms with Gasteiger partial charge in [-0.25, -0.2) is 18.2 Å². The third kappa shape index (κ3) is 3.92. The Labute approximate surface area is 215 Å². The fraction of sp³-hybridized carbons (Fsp3) is 0.333. The largest absolute Gasteiger partial charge is 0.478 e. The van der Waals surface area contributed by atoms with Gasteiger partial charge in [0.05, 0.1) is 15.6 Å². The first-order valence-corrected chi connectivity index (χ1v) is 14.0. The smallest absolute Gasteiger partial charge is 0.339 e. The normalized spacial score (nSPS) is 26.2. The number of aromatic nitrogens is 1. The van der Waals surface area contributed by atoms with E-state index in [2.05, 4.69) is 15.0 Å². The molecule has 0 radical (unpaired) electrons. The number of carboxylic acids is 1. The summed E-state index contributed by atoms with van der Waals surface area (Å²) in [6.45, 7) is 0. The lowest BCUT2D eigenvalue weighted by Crippen LogP contribution is -2.27. The second-order valence-corrected chi connectivity index (χ2v) is 12.4. The third-order valence-electron chi connectivity index (χ3n) is 8.24. The SMILES string of the molecule is O=C(O)c1cccnc1Nc1ccc(S(=O)(=O)Nc2ccc(C34CC5CC(CC3C5)C4)cc2Cl)cc1. The van der Waals surface area contributed by atoms with E-state index in [1.807, 2.05) is 12.1 Å². The fourth-order valence-corrected chi connectivity index (χ4v) is 8.27. The molecule has 186 valence electrons. The molecule has 2 aromatic carbocycles. The summed E-state index contributed by atoms with van der Waals surface area (Å²) in [5, 5.41) is 12.6. The number of rotatable bonds is 7. The van der Waals surface area contributed by atoms with Gasteiger partial charge in [-0.3, -0.25) is 4.72 Å². The number of nitrogens with zero attached hydrogens (tertiary/aromatic N) is 1. The van der Waals surface area contributed by atoms with Crippen molar-refractivity contribution in [2.75, 3.05) is 10.0 Å². The molecule has 2 unspecified atom stereocenters. The van der Waals surface area contributed by atoms with Crippen molar-refractivity contribution in [3.63, 3.8) is 0 Å². The Balaban J connectivity index is 1.19. The van der Waals surface area contributed by atoms with Gasteiger partial charge in [-0.15, -0.1) is 0 Å². The summed E-state index contributed by atoms with van der Waals surface area (Å²) in [6.07, 6.45) is 7.91.